The van der Waals surface area contributed by atoms with Crippen LogP contribution in [0.25, 0.3) is 5.69 Å². The average Bonchev–Trinajstić information content (AvgIpc) is 2.62. The zero-order chi connectivity index (χ0) is 11.5. The molecule has 0 amide bonds. The van der Waals surface area contributed by atoms with E-state index in [-0.39, 0.29) is 0 Å². The molecule has 1 aromatic carbocycles. The molecule has 3 nitrogen and oxygen atoms in total. The van der Waals surface area contributed by atoms with Crippen LogP contribution < -0.4 is 5.73 Å². The number of nitrogens with zero attached hydrogens (tertiary/aromatic N) is 2. The van der Waals surface area contributed by atoms with Crippen LogP contribution in [-0.2, 0) is 6.42 Å². The van der Waals surface area contributed by atoms with Crippen molar-refractivity contribution >= 4 is 17.3 Å². The summed E-state index contributed by atoms with van der Waals surface area (Å²) in [4.78, 5) is 0. The lowest BCUT2D eigenvalue weighted by Gasteiger charge is -2.08. The van der Waals surface area contributed by atoms with Crippen molar-refractivity contribution in [1.82, 2.24) is 9.78 Å². The minimum Gasteiger partial charge on any atom is -0.396 e. The molecule has 0 aliphatic heterocycles. The SMILES string of the molecule is CCCc1c(N)cnn1-c1ccccc1Cl. The Kier molecular flexibility index (Phi) is 3.15. The Morgan fingerprint density at radius 2 is 2.12 bits per heavy atom. The number of nitrogens with two attached hydrogens (primary N) is 1. The van der Waals surface area contributed by atoms with E-state index in [1.54, 1.807) is 6.20 Å². The summed E-state index contributed by atoms with van der Waals surface area (Å²) in [6.45, 7) is 2.11. The largest absolute Gasteiger partial charge is 0.396 e. The van der Waals surface area contributed by atoms with Gasteiger partial charge in [-0.2, -0.15) is 5.10 Å². The average molecular weight is 236 g/mol. The summed E-state index contributed by atoms with van der Waals surface area (Å²) in [7, 11) is 0. The molecular formula is C12H14ClN3. The van der Waals surface area contributed by atoms with Crippen molar-refractivity contribution in [2.24, 2.45) is 0 Å². The standard InChI is InChI=1S/C12H14ClN3/c1-2-5-12-10(14)8-15-16(12)11-7-4-3-6-9(11)13/h3-4,6-8H,2,5,14H2,1H3. The maximum atomic E-state index is 6.14. The van der Waals surface area contributed by atoms with Gasteiger partial charge in [0.05, 0.1) is 28.3 Å². The Morgan fingerprint density at radius 3 is 2.81 bits per heavy atom. The molecule has 0 saturated heterocycles. The lowest BCUT2D eigenvalue weighted by Crippen LogP contribution is -2.04. The molecule has 0 aliphatic rings. The van der Waals surface area contributed by atoms with E-state index in [0.29, 0.717) is 5.02 Å². The van der Waals surface area contributed by atoms with Crippen LogP contribution in [-0.4, -0.2) is 9.78 Å². The molecule has 2 N–H and O–H groups in total. The zero-order valence-electron chi connectivity index (χ0n) is 9.15. The summed E-state index contributed by atoms with van der Waals surface area (Å²) in [5.41, 5.74) is 8.52. The highest BCUT2D eigenvalue weighted by molar-refractivity contribution is 6.32. The number of anilines is 1. The quantitative estimate of drug-likeness (QED) is 0.889. The number of aromatic nitrogens is 2. The number of rotatable bonds is 3. The van der Waals surface area contributed by atoms with Crippen LogP contribution in [0.4, 0.5) is 5.69 Å². The van der Waals surface area contributed by atoms with E-state index in [9.17, 15) is 0 Å². The molecule has 0 radical (unpaired) electrons. The van der Waals surface area contributed by atoms with Gasteiger partial charge in [-0.05, 0) is 18.6 Å². The number of hydrogen-bond donors (Lipinski definition) is 1. The second kappa shape index (κ2) is 4.58. The molecule has 0 aliphatic carbocycles. The highest BCUT2D eigenvalue weighted by Gasteiger charge is 2.10. The monoisotopic (exact) mass is 235 g/mol. The van der Waals surface area contributed by atoms with Gasteiger partial charge in [-0.25, -0.2) is 4.68 Å². The Bertz CT molecular complexity index is 491. The van der Waals surface area contributed by atoms with Crippen LogP contribution in [0.5, 0.6) is 0 Å². The van der Waals surface area contributed by atoms with Gasteiger partial charge in [0.15, 0.2) is 0 Å². The van der Waals surface area contributed by atoms with Gasteiger partial charge in [0, 0.05) is 0 Å². The van der Waals surface area contributed by atoms with Gasteiger partial charge < -0.3 is 5.73 Å². The van der Waals surface area contributed by atoms with E-state index in [1.807, 2.05) is 28.9 Å². The molecule has 0 fully saturated rings. The fourth-order valence-electron chi connectivity index (χ4n) is 1.70. The molecule has 16 heavy (non-hydrogen) atoms. The van der Waals surface area contributed by atoms with Gasteiger partial charge in [-0.3, -0.25) is 0 Å². The van der Waals surface area contributed by atoms with Crippen LogP contribution in [0.3, 0.4) is 0 Å². The van der Waals surface area contributed by atoms with Gasteiger partial charge in [0.1, 0.15) is 0 Å². The smallest absolute Gasteiger partial charge is 0.0835 e. The van der Waals surface area contributed by atoms with Gasteiger partial charge in [0.25, 0.3) is 0 Å². The van der Waals surface area contributed by atoms with Crippen LogP contribution in [0.2, 0.25) is 5.02 Å². The third-order valence-corrected chi connectivity index (χ3v) is 2.79. The minimum absolute atomic E-state index is 0.683. The van der Waals surface area contributed by atoms with Crippen LogP contribution in [0.15, 0.2) is 30.5 Å². The molecule has 0 atom stereocenters. The molecule has 1 heterocycles. The highest BCUT2D eigenvalue weighted by Crippen LogP contribution is 2.23. The van der Waals surface area contributed by atoms with Crippen molar-refractivity contribution < 1.29 is 0 Å². The molecule has 2 aromatic rings. The summed E-state index contributed by atoms with van der Waals surface area (Å²) in [6.07, 6.45) is 3.60. The van der Waals surface area contributed by atoms with Crippen LogP contribution >= 0.6 is 11.6 Å². The van der Waals surface area contributed by atoms with Crippen LogP contribution in [0, 0.1) is 0 Å². The maximum absolute atomic E-state index is 6.14. The van der Waals surface area contributed by atoms with E-state index in [0.717, 1.165) is 29.9 Å². The Morgan fingerprint density at radius 1 is 1.38 bits per heavy atom. The number of halogens is 1. The first-order valence-electron chi connectivity index (χ1n) is 5.31. The summed E-state index contributed by atoms with van der Waals surface area (Å²) >= 11 is 6.14. The van der Waals surface area contributed by atoms with E-state index >= 15 is 0 Å². The van der Waals surface area contributed by atoms with Gasteiger partial charge in [-0.1, -0.05) is 37.1 Å². The number of nitrogen functional groups attached to an aromatic ring is 1. The zero-order valence-corrected chi connectivity index (χ0v) is 9.91. The summed E-state index contributed by atoms with van der Waals surface area (Å²) in [5.74, 6) is 0. The third kappa shape index (κ3) is 1.91. The highest BCUT2D eigenvalue weighted by atomic mass is 35.5. The fraction of sp³-hybridized carbons (Fsp3) is 0.250. The van der Waals surface area contributed by atoms with E-state index in [4.69, 9.17) is 17.3 Å². The van der Waals surface area contributed by atoms with Crippen molar-refractivity contribution in [3.63, 3.8) is 0 Å². The van der Waals surface area contributed by atoms with E-state index in [1.165, 1.54) is 0 Å². The normalized spacial score (nSPS) is 10.6. The fourth-order valence-corrected chi connectivity index (χ4v) is 1.92. The molecule has 84 valence electrons. The minimum atomic E-state index is 0.683. The van der Waals surface area contributed by atoms with Gasteiger partial charge in [-0.15, -0.1) is 0 Å². The van der Waals surface area contributed by atoms with Crippen molar-refractivity contribution in [3.8, 4) is 5.69 Å². The van der Waals surface area contributed by atoms with Crippen LogP contribution in [0.1, 0.15) is 19.0 Å². The van der Waals surface area contributed by atoms with Gasteiger partial charge in [0.2, 0.25) is 0 Å². The predicted molar refractivity (Wildman–Crippen MR) is 67.0 cm³/mol. The van der Waals surface area contributed by atoms with Crippen molar-refractivity contribution in [2.75, 3.05) is 5.73 Å². The first-order valence-corrected chi connectivity index (χ1v) is 5.69. The van der Waals surface area contributed by atoms with Crippen molar-refractivity contribution in [1.29, 1.82) is 0 Å². The molecule has 1 aromatic heterocycles. The summed E-state index contributed by atoms with van der Waals surface area (Å²) < 4.78 is 1.82. The predicted octanol–water partition coefficient (Wildman–Crippen LogP) is 3.06. The molecule has 0 spiro atoms. The molecular weight excluding hydrogens is 222 g/mol. The van der Waals surface area contributed by atoms with Crippen molar-refractivity contribution in [2.45, 2.75) is 19.8 Å². The first-order chi connectivity index (χ1) is 7.74. The Balaban J connectivity index is 2.52. The Hall–Kier alpha value is -1.48. The molecule has 2 rings (SSSR count). The second-order valence-electron chi connectivity index (χ2n) is 3.66. The Labute approximate surface area is 99.8 Å². The summed E-state index contributed by atoms with van der Waals surface area (Å²) in [5, 5.41) is 4.96. The lowest BCUT2D eigenvalue weighted by atomic mass is 10.2. The number of para-hydroxylation sites is 1. The third-order valence-electron chi connectivity index (χ3n) is 2.47. The van der Waals surface area contributed by atoms with E-state index in [2.05, 4.69) is 12.0 Å². The summed E-state index contributed by atoms with van der Waals surface area (Å²) in [6, 6.07) is 7.63. The molecule has 0 bridgehead atoms. The first kappa shape index (κ1) is 11.0. The number of benzene rings is 1. The maximum Gasteiger partial charge on any atom is 0.0835 e. The topological polar surface area (TPSA) is 43.8 Å². The second-order valence-corrected chi connectivity index (χ2v) is 4.07. The molecule has 0 unspecified atom stereocenters. The van der Waals surface area contributed by atoms with Crippen molar-refractivity contribution in [3.05, 3.63) is 41.2 Å². The number of hydrogen-bond acceptors (Lipinski definition) is 2. The molecule has 0 saturated carbocycles. The van der Waals surface area contributed by atoms with E-state index < -0.39 is 0 Å². The van der Waals surface area contributed by atoms with Gasteiger partial charge >= 0.3 is 0 Å². The lowest BCUT2D eigenvalue weighted by molar-refractivity contribution is 0.776. The molecule has 4 heteroatoms.